The van der Waals surface area contributed by atoms with Crippen molar-refractivity contribution in [2.24, 2.45) is 5.92 Å². The SMILES string of the molecule is CCOC(=O)c1c(N)c2ccc(C34CCC(C3)C4)cc2[nH]c1=O. The van der Waals surface area contributed by atoms with Crippen molar-refractivity contribution in [3.63, 3.8) is 0 Å². The molecule has 3 aliphatic rings. The Balaban J connectivity index is 1.83. The highest BCUT2D eigenvalue weighted by molar-refractivity contribution is 6.04. The molecule has 1 aromatic carbocycles. The van der Waals surface area contributed by atoms with Crippen molar-refractivity contribution in [3.05, 3.63) is 39.7 Å². The van der Waals surface area contributed by atoms with Crippen LogP contribution < -0.4 is 11.3 Å². The van der Waals surface area contributed by atoms with Gasteiger partial charge in [-0.1, -0.05) is 12.1 Å². The van der Waals surface area contributed by atoms with Crippen molar-refractivity contribution in [2.75, 3.05) is 12.3 Å². The highest BCUT2D eigenvalue weighted by atomic mass is 16.5. The fourth-order valence-corrected chi connectivity index (χ4v) is 4.37. The Hall–Kier alpha value is -2.30. The number of carbonyl (C=O) groups is 1. The van der Waals surface area contributed by atoms with E-state index in [1.54, 1.807) is 6.92 Å². The summed E-state index contributed by atoms with van der Waals surface area (Å²) in [6.07, 6.45) is 5.03. The predicted octanol–water partition coefficient (Wildman–Crippen LogP) is 2.73. The van der Waals surface area contributed by atoms with Crippen molar-refractivity contribution in [3.8, 4) is 0 Å². The molecule has 0 spiro atoms. The number of ether oxygens (including phenoxy) is 1. The number of hydrogen-bond acceptors (Lipinski definition) is 4. The molecule has 1 heterocycles. The maximum absolute atomic E-state index is 12.3. The average molecular weight is 312 g/mol. The van der Waals surface area contributed by atoms with Gasteiger partial charge in [0.05, 0.1) is 17.8 Å². The fraction of sp³-hybridized carbons (Fsp3) is 0.444. The molecule has 23 heavy (non-hydrogen) atoms. The molecule has 5 rings (SSSR count). The topological polar surface area (TPSA) is 85.2 Å². The summed E-state index contributed by atoms with van der Waals surface area (Å²) in [5, 5.41) is 0.696. The number of nitrogens with one attached hydrogen (secondary N) is 1. The monoisotopic (exact) mass is 312 g/mol. The number of esters is 1. The fourth-order valence-electron chi connectivity index (χ4n) is 4.37. The largest absolute Gasteiger partial charge is 0.462 e. The second kappa shape index (κ2) is 4.85. The molecule has 0 radical (unpaired) electrons. The van der Waals surface area contributed by atoms with Crippen LogP contribution in [0.3, 0.4) is 0 Å². The van der Waals surface area contributed by atoms with Gasteiger partial charge in [0.25, 0.3) is 5.56 Å². The van der Waals surface area contributed by atoms with Gasteiger partial charge in [-0.25, -0.2) is 4.79 Å². The van der Waals surface area contributed by atoms with Crippen LogP contribution in [0.15, 0.2) is 23.0 Å². The van der Waals surface area contributed by atoms with Gasteiger partial charge in [0.15, 0.2) is 0 Å². The Morgan fingerprint density at radius 1 is 1.43 bits per heavy atom. The quantitative estimate of drug-likeness (QED) is 0.853. The van der Waals surface area contributed by atoms with E-state index in [9.17, 15) is 9.59 Å². The van der Waals surface area contributed by atoms with Crippen LogP contribution >= 0.6 is 0 Å². The van der Waals surface area contributed by atoms with Gasteiger partial charge in [-0.2, -0.15) is 0 Å². The highest BCUT2D eigenvalue weighted by Gasteiger charge is 2.51. The number of aromatic nitrogens is 1. The number of benzene rings is 1. The average Bonchev–Trinajstić information content (AvgIpc) is 3.08. The minimum absolute atomic E-state index is 0.102. The molecule has 0 atom stereocenters. The molecule has 0 unspecified atom stereocenters. The summed E-state index contributed by atoms with van der Waals surface area (Å²) in [6, 6.07) is 6.04. The van der Waals surface area contributed by atoms with Gasteiger partial charge >= 0.3 is 5.97 Å². The molecular weight excluding hydrogens is 292 g/mol. The molecule has 0 saturated heterocycles. The first kappa shape index (κ1) is 14.3. The summed E-state index contributed by atoms with van der Waals surface area (Å²) in [5.74, 6) is 0.203. The van der Waals surface area contributed by atoms with Gasteiger partial charge in [-0.15, -0.1) is 0 Å². The van der Waals surface area contributed by atoms with Gasteiger partial charge < -0.3 is 15.5 Å². The summed E-state index contributed by atoms with van der Waals surface area (Å²) < 4.78 is 4.93. The van der Waals surface area contributed by atoms with E-state index in [1.807, 2.05) is 12.1 Å². The second-order valence-electron chi connectivity index (χ2n) is 6.82. The van der Waals surface area contributed by atoms with Crippen molar-refractivity contribution < 1.29 is 9.53 Å². The molecular formula is C18H20N2O3. The summed E-state index contributed by atoms with van der Waals surface area (Å²) in [7, 11) is 0. The zero-order valence-corrected chi connectivity index (χ0v) is 13.1. The van der Waals surface area contributed by atoms with E-state index in [-0.39, 0.29) is 17.9 Å². The molecule has 2 aromatic rings. The number of H-pyrrole nitrogens is 1. The van der Waals surface area contributed by atoms with E-state index in [2.05, 4.69) is 11.1 Å². The van der Waals surface area contributed by atoms with Gasteiger partial charge in [0, 0.05) is 5.39 Å². The first-order valence-corrected chi connectivity index (χ1v) is 8.17. The van der Waals surface area contributed by atoms with Crippen LogP contribution in [0.5, 0.6) is 0 Å². The second-order valence-corrected chi connectivity index (χ2v) is 6.82. The predicted molar refractivity (Wildman–Crippen MR) is 88.6 cm³/mol. The molecule has 120 valence electrons. The smallest absolute Gasteiger partial charge is 0.345 e. The first-order chi connectivity index (χ1) is 11.0. The Labute approximate surface area is 133 Å². The lowest BCUT2D eigenvalue weighted by Crippen LogP contribution is -2.32. The zero-order chi connectivity index (χ0) is 16.2. The number of fused-ring (bicyclic) bond motifs is 2. The number of aromatic amines is 1. The molecule has 5 heteroatoms. The molecule has 3 aliphatic carbocycles. The van der Waals surface area contributed by atoms with E-state index < -0.39 is 11.5 Å². The molecule has 3 N–H and O–H groups in total. The number of pyridine rings is 1. The highest BCUT2D eigenvalue weighted by Crippen LogP contribution is 2.59. The van der Waals surface area contributed by atoms with Crippen molar-refractivity contribution in [1.82, 2.24) is 4.98 Å². The molecule has 3 fully saturated rings. The summed E-state index contributed by atoms with van der Waals surface area (Å²) in [6.45, 7) is 1.90. The summed E-state index contributed by atoms with van der Waals surface area (Å²) in [4.78, 5) is 27.0. The Kier molecular flexibility index (Phi) is 3.01. The molecule has 0 amide bonds. The van der Waals surface area contributed by atoms with E-state index in [0.29, 0.717) is 16.3 Å². The van der Waals surface area contributed by atoms with E-state index in [0.717, 1.165) is 5.92 Å². The van der Waals surface area contributed by atoms with Crippen LogP contribution in [0.4, 0.5) is 5.69 Å². The van der Waals surface area contributed by atoms with Gasteiger partial charge in [-0.3, -0.25) is 4.79 Å². The van der Waals surface area contributed by atoms with Crippen LogP contribution in [0.1, 0.15) is 48.5 Å². The Morgan fingerprint density at radius 3 is 2.87 bits per heavy atom. The zero-order valence-electron chi connectivity index (χ0n) is 13.1. The van der Waals surface area contributed by atoms with Crippen LogP contribution in [0, 0.1) is 5.92 Å². The maximum atomic E-state index is 12.3. The van der Waals surface area contributed by atoms with Gasteiger partial charge in [0.2, 0.25) is 0 Å². The summed E-state index contributed by atoms with van der Waals surface area (Å²) in [5.41, 5.74) is 7.96. The third-order valence-corrected chi connectivity index (χ3v) is 5.54. The molecule has 1 aromatic heterocycles. The van der Waals surface area contributed by atoms with E-state index >= 15 is 0 Å². The number of carbonyl (C=O) groups excluding carboxylic acids is 1. The third kappa shape index (κ3) is 1.99. The summed E-state index contributed by atoms with van der Waals surface area (Å²) >= 11 is 0. The standard InChI is InChI=1S/C18H20N2O3/c1-2-23-17(22)14-15(19)12-4-3-11(7-13(12)20-16(14)21)18-6-5-10(8-18)9-18/h3-4,7,10H,2,5-6,8-9H2,1H3,(H3,19,20,21). The number of rotatable bonds is 3. The Bertz CT molecular complexity index is 857. The lowest BCUT2D eigenvalue weighted by molar-refractivity contribution is 0.0526. The van der Waals surface area contributed by atoms with E-state index in [4.69, 9.17) is 10.5 Å². The molecule has 2 bridgehead atoms. The maximum Gasteiger partial charge on any atom is 0.345 e. The van der Waals surface area contributed by atoms with Crippen LogP contribution in [-0.4, -0.2) is 17.6 Å². The lowest BCUT2D eigenvalue weighted by atomic mass is 9.65. The first-order valence-electron chi connectivity index (χ1n) is 8.17. The minimum Gasteiger partial charge on any atom is -0.462 e. The minimum atomic E-state index is -0.673. The molecule has 5 nitrogen and oxygen atoms in total. The van der Waals surface area contributed by atoms with Crippen LogP contribution in [0.25, 0.3) is 10.9 Å². The van der Waals surface area contributed by atoms with Crippen molar-refractivity contribution in [1.29, 1.82) is 0 Å². The van der Waals surface area contributed by atoms with E-state index in [1.165, 1.54) is 31.2 Å². The van der Waals surface area contributed by atoms with Gasteiger partial charge in [0.1, 0.15) is 5.56 Å². The Morgan fingerprint density at radius 2 is 2.22 bits per heavy atom. The number of nitrogens with two attached hydrogens (primary N) is 1. The molecule has 0 aliphatic heterocycles. The van der Waals surface area contributed by atoms with Crippen molar-refractivity contribution in [2.45, 2.75) is 38.0 Å². The number of anilines is 1. The number of nitrogen functional groups attached to an aromatic ring is 1. The van der Waals surface area contributed by atoms with Crippen LogP contribution in [0.2, 0.25) is 0 Å². The normalized spacial score (nSPS) is 25.3. The lowest BCUT2D eigenvalue weighted by Gasteiger charge is -2.39. The van der Waals surface area contributed by atoms with Crippen molar-refractivity contribution >= 4 is 22.6 Å². The number of hydrogen-bond donors (Lipinski definition) is 2. The van der Waals surface area contributed by atoms with Crippen LogP contribution in [-0.2, 0) is 10.2 Å². The molecule has 3 saturated carbocycles. The third-order valence-electron chi connectivity index (χ3n) is 5.54. The van der Waals surface area contributed by atoms with Gasteiger partial charge in [-0.05, 0) is 55.6 Å².